The van der Waals surface area contributed by atoms with Crippen LogP contribution < -0.4 is 10.0 Å². The summed E-state index contributed by atoms with van der Waals surface area (Å²) >= 11 is 0. The highest BCUT2D eigenvalue weighted by molar-refractivity contribution is 7.92. The average molecular weight is 501 g/mol. The fraction of sp³-hybridized carbons (Fsp3) is 0.273. The third-order valence-corrected chi connectivity index (χ3v) is 6.53. The van der Waals surface area contributed by atoms with E-state index in [0.717, 1.165) is 17.1 Å². The average Bonchev–Trinajstić information content (AvgIpc) is 3.22. The molecule has 0 aliphatic heterocycles. The van der Waals surface area contributed by atoms with Gasteiger partial charge in [0.05, 0.1) is 17.7 Å². The third-order valence-electron chi connectivity index (χ3n) is 5.25. The van der Waals surface area contributed by atoms with Crippen LogP contribution in [0.25, 0.3) is 22.4 Å². The predicted octanol–water partition coefficient (Wildman–Crippen LogP) is 2.00. The Balaban J connectivity index is 1.61. The van der Waals surface area contributed by atoms with Crippen molar-refractivity contribution >= 4 is 32.6 Å². The van der Waals surface area contributed by atoms with Crippen LogP contribution in [0.3, 0.4) is 0 Å². The van der Waals surface area contributed by atoms with Gasteiger partial charge in [-0.05, 0) is 44.3 Å². The molecule has 0 saturated heterocycles. The molecule has 0 spiro atoms. The number of fused-ring (bicyclic) bond motifs is 1. The minimum Gasteiger partial charge on any atom is -0.395 e. The first kappa shape index (κ1) is 24.4. The maximum absolute atomic E-state index is 14.9. The number of halogens is 1. The van der Waals surface area contributed by atoms with Crippen LogP contribution >= 0.6 is 0 Å². The molecule has 0 bridgehead atoms. The van der Waals surface area contributed by atoms with E-state index in [2.05, 4.69) is 35.2 Å². The summed E-state index contributed by atoms with van der Waals surface area (Å²) in [7, 11) is -2.15. The molecule has 4 aromatic rings. The Labute approximate surface area is 201 Å². The van der Waals surface area contributed by atoms with Crippen LogP contribution in [0.1, 0.15) is 5.69 Å². The van der Waals surface area contributed by atoms with E-state index >= 15 is 0 Å². The number of rotatable bonds is 10. The first-order valence-electron chi connectivity index (χ1n) is 10.8. The molecule has 35 heavy (non-hydrogen) atoms. The maximum atomic E-state index is 14.9. The second-order valence-electron chi connectivity index (χ2n) is 7.86. The maximum Gasteiger partial charge on any atom is 0.279 e. The summed E-state index contributed by atoms with van der Waals surface area (Å²) in [6.45, 7) is 3.68. The van der Waals surface area contributed by atoms with Crippen molar-refractivity contribution in [2.75, 3.05) is 43.3 Å². The van der Waals surface area contributed by atoms with Crippen molar-refractivity contribution in [1.29, 1.82) is 0 Å². The second kappa shape index (κ2) is 10.3. The number of nitrogens with one attached hydrogen (secondary N) is 3. The Kier molecular flexibility index (Phi) is 7.19. The first-order chi connectivity index (χ1) is 16.8. The van der Waals surface area contributed by atoms with E-state index in [0.29, 0.717) is 36.7 Å². The predicted molar refractivity (Wildman–Crippen MR) is 130 cm³/mol. The number of aromatic nitrogens is 5. The van der Waals surface area contributed by atoms with Crippen LogP contribution in [0, 0.1) is 12.7 Å². The zero-order valence-electron chi connectivity index (χ0n) is 19.2. The van der Waals surface area contributed by atoms with Gasteiger partial charge in [-0.15, -0.1) is 0 Å². The van der Waals surface area contributed by atoms with Crippen molar-refractivity contribution in [3.05, 3.63) is 54.1 Å². The van der Waals surface area contributed by atoms with Gasteiger partial charge in [0.2, 0.25) is 0 Å². The minimum absolute atomic E-state index is 0.0683. The molecule has 0 atom stereocenters. The Bertz CT molecular complexity index is 1430. The number of aromatic amines is 1. The van der Waals surface area contributed by atoms with Crippen LogP contribution in [0.4, 0.5) is 15.9 Å². The largest absolute Gasteiger partial charge is 0.395 e. The van der Waals surface area contributed by atoms with Gasteiger partial charge in [0.25, 0.3) is 10.0 Å². The van der Waals surface area contributed by atoms with Gasteiger partial charge in [0.15, 0.2) is 16.5 Å². The molecule has 0 aliphatic rings. The number of benzene rings is 1. The first-order valence-corrected chi connectivity index (χ1v) is 12.3. The fourth-order valence-corrected chi connectivity index (χ4v) is 4.43. The van der Waals surface area contributed by atoms with Crippen molar-refractivity contribution in [2.45, 2.75) is 11.9 Å². The summed E-state index contributed by atoms with van der Waals surface area (Å²) < 4.78 is 42.1. The molecule has 0 saturated carbocycles. The Morgan fingerprint density at radius 1 is 1.17 bits per heavy atom. The van der Waals surface area contributed by atoms with Crippen molar-refractivity contribution in [2.24, 2.45) is 0 Å². The van der Waals surface area contributed by atoms with Gasteiger partial charge in [-0.2, -0.15) is 13.5 Å². The summed E-state index contributed by atoms with van der Waals surface area (Å²) in [5.74, 6) is -0.0220. The number of hydrogen-bond acceptors (Lipinski definition) is 9. The van der Waals surface area contributed by atoms with Crippen LogP contribution in [0.5, 0.6) is 0 Å². The summed E-state index contributed by atoms with van der Waals surface area (Å²) in [6.07, 6.45) is 1.34. The number of aliphatic hydroxyl groups is 1. The Morgan fingerprint density at radius 3 is 2.71 bits per heavy atom. The van der Waals surface area contributed by atoms with E-state index in [1.807, 2.05) is 18.9 Å². The topological polar surface area (TPSA) is 149 Å². The van der Waals surface area contributed by atoms with Crippen molar-refractivity contribution in [3.8, 4) is 11.4 Å². The van der Waals surface area contributed by atoms with E-state index in [1.54, 1.807) is 6.07 Å². The van der Waals surface area contributed by atoms with Gasteiger partial charge in [0.1, 0.15) is 11.6 Å². The van der Waals surface area contributed by atoms with E-state index in [9.17, 15) is 12.8 Å². The number of hydrogen-bond donors (Lipinski definition) is 4. The molecule has 11 nitrogen and oxygen atoms in total. The van der Waals surface area contributed by atoms with Gasteiger partial charge < -0.3 is 15.3 Å². The molecule has 0 aliphatic carbocycles. The van der Waals surface area contributed by atoms with Gasteiger partial charge in [-0.1, -0.05) is 6.07 Å². The highest BCUT2D eigenvalue weighted by atomic mass is 32.2. The minimum atomic E-state index is -4.04. The molecule has 1 aromatic carbocycles. The molecule has 3 aromatic heterocycles. The molecular formula is C22H25FN8O3S. The summed E-state index contributed by atoms with van der Waals surface area (Å²) in [4.78, 5) is 14.8. The normalized spacial score (nSPS) is 11.8. The zero-order valence-corrected chi connectivity index (χ0v) is 20.0. The highest BCUT2D eigenvalue weighted by Crippen LogP contribution is 2.28. The SMILES string of the molecule is Cc1[nH]nc2nc(-c3ccc(NS(=O)(=O)c4ccccn4)c(F)c3)nc(NCCN(C)CCO)c12. The number of H-pyrrole nitrogens is 1. The monoisotopic (exact) mass is 500 g/mol. The number of sulfonamides is 1. The summed E-state index contributed by atoms with van der Waals surface area (Å²) in [6, 6.07) is 8.43. The lowest BCUT2D eigenvalue weighted by atomic mass is 10.1. The molecule has 13 heteroatoms. The van der Waals surface area contributed by atoms with Crippen LogP contribution in [0.15, 0.2) is 47.6 Å². The van der Waals surface area contributed by atoms with Gasteiger partial charge in [0, 0.05) is 37.1 Å². The van der Waals surface area contributed by atoms with E-state index in [4.69, 9.17) is 5.11 Å². The molecule has 0 amide bonds. The van der Waals surface area contributed by atoms with Crippen molar-refractivity contribution in [1.82, 2.24) is 30.0 Å². The molecule has 0 radical (unpaired) electrons. The van der Waals surface area contributed by atoms with E-state index < -0.39 is 15.8 Å². The number of nitrogens with zero attached hydrogens (tertiary/aromatic N) is 5. The Hall–Kier alpha value is -3.68. The molecule has 4 rings (SSSR count). The number of likely N-dealkylation sites (N-methyl/N-ethyl adjacent to an activating group) is 1. The molecule has 4 N–H and O–H groups in total. The molecule has 184 valence electrons. The number of aryl methyl sites for hydroxylation is 1. The van der Waals surface area contributed by atoms with Crippen LogP contribution in [-0.4, -0.2) is 76.9 Å². The van der Waals surface area contributed by atoms with Gasteiger partial charge in [-0.25, -0.2) is 19.3 Å². The van der Waals surface area contributed by atoms with Crippen molar-refractivity contribution in [3.63, 3.8) is 0 Å². The third kappa shape index (κ3) is 5.53. The van der Waals surface area contributed by atoms with Gasteiger partial charge in [-0.3, -0.25) is 9.82 Å². The Morgan fingerprint density at radius 2 is 2.00 bits per heavy atom. The molecule has 0 fully saturated rings. The van der Waals surface area contributed by atoms with Crippen LogP contribution in [-0.2, 0) is 10.0 Å². The molecular weight excluding hydrogens is 475 g/mol. The summed E-state index contributed by atoms with van der Waals surface area (Å²) in [5.41, 5.74) is 1.33. The number of aliphatic hydroxyl groups excluding tert-OH is 1. The standard InChI is InChI=1S/C22H25FN8O3S/c1-14-19-21(25-9-10-31(2)11-12-32)26-20(27-22(19)29-28-14)15-6-7-17(16(23)13-15)30-35(33,34)18-5-3-4-8-24-18/h3-8,13,30,32H,9-12H2,1-2H3,(H2,25,26,27,28,29). The van der Waals surface area contributed by atoms with E-state index in [-0.39, 0.29) is 23.1 Å². The van der Waals surface area contributed by atoms with Crippen molar-refractivity contribution < 1.29 is 17.9 Å². The van der Waals surface area contributed by atoms with Crippen LogP contribution in [0.2, 0.25) is 0 Å². The lowest BCUT2D eigenvalue weighted by Gasteiger charge is -2.16. The highest BCUT2D eigenvalue weighted by Gasteiger charge is 2.19. The lowest BCUT2D eigenvalue weighted by Crippen LogP contribution is -2.28. The van der Waals surface area contributed by atoms with E-state index in [1.165, 1.54) is 30.5 Å². The number of pyridine rings is 1. The number of anilines is 2. The quantitative estimate of drug-likeness (QED) is 0.256. The van der Waals surface area contributed by atoms with Gasteiger partial charge >= 0.3 is 0 Å². The smallest absolute Gasteiger partial charge is 0.279 e. The molecule has 3 heterocycles. The second-order valence-corrected chi connectivity index (χ2v) is 9.49. The lowest BCUT2D eigenvalue weighted by molar-refractivity contribution is 0.225. The summed E-state index contributed by atoms with van der Waals surface area (Å²) in [5, 5.41) is 19.9. The zero-order chi connectivity index (χ0) is 25.0. The fourth-order valence-electron chi connectivity index (χ4n) is 3.41. The molecule has 0 unspecified atom stereocenters.